The van der Waals surface area contributed by atoms with Crippen molar-refractivity contribution in [1.29, 1.82) is 0 Å². The first-order valence-corrected chi connectivity index (χ1v) is 7.41. The molecule has 0 bridgehead atoms. The Hall–Kier alpha value is -1.49. The fourth-order valence-electron chi connectivity index (χ4n) is 2.65. The first-order chi connectivity index (χ1) is 9.91. The predicted octanol–water partition coefficient (Wildman–Crippen LogP) is 2.44. The summed E-state index contributed by atoms with van der Waals surface area (Å²) in [5.41, 5.74) is 0.225. The second kappa shape index (κ2) is 5.05. The third-order valence-electron chi connectivity index (χ3n) is 4.41. The highest BCUT2D eigenvalue weighted by molar-refractivity contribution is 5.85. The number of halogens is 2. The van der Waals surface area contributed by atoms with Crippen molar-refractivity contribution in [3.8, 4) is 0 Å². The number of alkyl halides is 2. The van der Waals surface area contributed by atoms with E-state index in [0.717, 1.165) is 37.9 Å². The molecule has 1 saturated heterocycles. The number of nitrogens with one attached hydrogen (secondary N) is 1. The van der Waals surface area contributed by atoms with Crippen LogP contribution in [0.25, 0.3) is 0 Å². The summed E-state index contributed by atoms with van der Waals surface area (Å²) in [5, 5.41) is 2.59. The summed E-state index contributed by atoms with van der Waals surface area (Å²) in [7, 11) is 0. The molecule has 3 rings (SSSR count). The van der Waals surface area contributed by atoms with E-state index in [2.05, 4.69) is 10.2 Å². The molecule has 5 heteroatoms. The van der Waals surface area contributed by atoms with Gasteiger partial charge < -0.3 is 10.2 Å². The molecule has 114 valence electrons. The zero-order chi connectivity index (χ0) is 15.1. The van der Waals surface area contributed by atoms with Gasteiger partial charge in [0.05, 0.1) is 5.54 Å². The summed E-state index contributed by atoms with van der Waals surface area (Å²) in [6, 6.07) is 5.85. The van der Waals surface area contributed by atoms with Gasteiger partial charge in [0.2, 0.25) is 0 Å². The Bertz CT molecular complexity index is 534. The van der Waals surface area contributed by atoms with Crippen molar-refractivity contribution in [3.63, 3.8) is 0 Å². The van der Waals surface area contributed by atoms with Gasteiger partial charge in [-0.15, -0.1) is 0 Å². The molecule has 3 nitrogen and oxygen atoms in total. The van der Waals surface area contributed by atoms with Crippen LogP contribution in [-0.2, 0) is 10.7 Å². The Morgan fingerprint density at radius 3 is 2.38 bits per heavy atom. The topological polar surface area (TPSA) is 32.3 Å². The van der Waals surface area contributed by atoms with Crippen LogP contribution in [0.2, 0.25) is 0 Å². The Kier molecular flexibility index (Phi) is 3.48. The number of hydrogen-bond acceptors (Lipinski definition) is 2. The molecule has 21 heavy (non-hydrogen) atoms. The Morgan fingerprint density at radius 2 is 1.90 bits per heavy atom. The average molecular weight is 294 g/mol. The maximum absolute atomic E-state index is 14.2. The lowest BCUT2D eigenvalue weighted by molar-refractivity contribution is -0.148. The lowest BCUT2D eigenvalue weighted by atomic mass is 10.0. The van der Waals surface area contributed by atoms with Crippen LogP contribution >= 0.6 is 0 Å². The number of carbonyl (C=O) groups is 1. The Morgan fingerprint density at radius 1 is 1.29 bits per heavy atom. The van der Waals surface area contributed by atoms with Gasteiger partial charge in [0.15, 0.2) is 0 Å². The van der Waals surface area contributed by atoms with Crippen LogP contribution in [-0.4, -0.2) is 36.0 Å². The first kappa shape index (κ1) is 14.4. The minimum atomic E-state index is -3.47. The fourth-order valence-corrected chi connectivity index (χ4v) is 2.65. The van der Waals surface area contributed by atoms with E-state index in [0.29, 0.717) is 6.54 Å². The van der Waals surface area contributed by atoms with Crippen LogP contribution in [0.5, 0.6) is 0 Å². The van der Waals surface area contributed by atoms with Gasteiger partial charge in [-0.2, -0.15) is 8.78 Å². The highest BCUT2D eigenvalue weighted by Gasteiger charge is 2.51. The summed E-state index contributed by atoms with van der Waals surface area (Å²) in [6.07, 6.45) is 2.74. The largest absolute Gasteiger partial charge is 0.349 e. The number of likely N-dealkylation sites (tertiary alicyclic amines) is 1. The number of aryl methyl sites for hydroxylation is 1. The van der Waals surface area contributed by atoms with E-state index in [4.69, 9.17) is 0 Å². The van der Waals surface area contributed by atoms with Crippen molar-refractivity contribution in [3.05, 3.63) is 35.4 Å². The van der Waals surface area contributed by atoms with Gasteiger partial charge in [-0.25, -0.2) is 0 Å². The summed E-state index contributed by atoms with van der Waals surface area (Å²) >= 11 is 0. The van der Waals surface area contributed by atoms with Gasteiger partial charge in [0.25, 0.3) is 5.91 Å². The highest BCUT2D eigenvalue weighted by atomic mass is 19.3. The van der Waals surface area contributed by atoms with E-state index in [1.54, 1.807) is 12.1 Å². The predicted molar refractivity (Wildman–Crippen MR) is 76.2 cm³/mol. The molecule has 0 atom stereocenters. The molecule has 2 aliphatic rings. The third kappa shape index (κ3) is 2.93. The van der Waals surface area contributed by atoms with Crippen molar-refractivity contribution in [2.45, 2.75) is 37.6 Å². The van der Waals surface area contributed by atoms with E-state index in [1.807, 2.05) is 6.92 Å². The van der Waals surface area contributed by atoms with Crippen molar-refractivity contribution >= 4 is 5.91 Å². The zero-order valence-electron chi connectivity index (χ0n) is 12.2. The minimum Gasteiger partial charge on any atom is -0.344 e. The van der Waals surface area contributed by atoms with Crippen LogP contribution in [0, 0.1) is 6.92 Å². The van der Waals surface area contributed by atoms with E-state index in [9.17, 15) is 13.6 Å². The van der Waals surface area contributed by atoms with Crippen LogP contribution < -0.4 is 5.32 Å². The van der Waals surface area contributed by atoms with Crippen LogP contribution in [0.3, 0.4) is 0 Å². The number of rotatable bonds is 5. The normalized spacial score (nSPS) is 20.7. The van der Waals surface area contributed by atoms with Gasteiger partial charge in [-0.1, -0.05) is 29.8 Å². The summed E-state index contributed by atoms with van der Waals surface area (Å²) in [5.74, 6) is -4.65. The molecule has 1 amide bonds. The van der Waals surface area contributed by atoms with E-state index in [1.165, 1.54) is 12.1 Å². The quantitative estimate of drug-likeness (QED) is 0.904. The molecule has 0 unspecified atom stereocenters. The molecule has 0 aromatic heterocycles. The highest BCUT2D eigenvalue weighted by Crippen LogP contribution is 2.39. The van der Waals surface area contributed by atoms with Crippen molar-refractivity contribution in [2.75, 3.05) is 19.6 Å². The van der Waals surface area contributed by atoms with Crippen LogP contribution in [0.1, 0.15) is 30.4 Å². The van der Waals surface area contributed by atoms with E-state index >= 15 is 0 Å². The molecule has 1 aromatic rings. The van der Waals surface area contributed by atoms with E-state index < -0.39 is 17.4 Å². The molecule has 0 spiro atoms. The van der Waals surface area contributed by atoms with Gasteiger partial charge in [0.1, 0.15) is 0 Å². The molecule has 0 radical (unpaired) electrons. The second-order valence-electron chi connectivity index (χ2n) is 6.30. The molecular formula is C16H20F2N2O. The number of nitrogens with zero attached hydrogens (tertiary/aromatic N) is 1. The summed E-state index contributed by atoms with van der Waals surface area (Å²) < 4.78 is 28.5. The van der Waals surface area contributed by atoms with Crippen molar-refractivity contribution in [2.24, 2.45) is 0 Å². The standard InChI is InChI=1S/C16H20F2N2O/c1-12-3-5-13(6-4-12)16(17,18)14(21)19-15(7-8-15)11-20-9-2-10-20/h3-6H,2,7-11H2,1H3,(H,19,21). The lowest BCUT2D eigenvalue weighted by Gasteiger charge is -2.35. The molecule has 1 saturated carbocycles. The maximum atomic E-state index is 14.2. The maximum Gasteiger partial charge on any atom is 0.349 e. The fraction of sp³-hybridized carbons (Fsp3) is 0.562. The zero-order valence-corrected chi connectivity index (χ0v) is 12.2. The van der Waals surface area contributed by atoms with Crippen molar-refractivity contribution in [1.82, 2.24) is 10.2 Å². The number of hydrogen-bond donors (Lipinski definition) is 1. The Balaban J connectivity index is 1.67. The summed E-state index contributed by atoms with van der Waals surface area (Å²) in [6.45, 7) is 4.54. The molecule has 2 fully saturated rings. The smallest absolute Gasteiger partial charge is 0.344 e. The van der Waals surface area contributed by atoms with E-state index in [-0.39, 0.29) is 5.56 Å². The van der Waals surface area contributed by atoms with Crippen molar-refractivity contribution < 1.29 is 13.6 Å². The number of amides is 1. The Labute approximate surface area is 123 Å². The van der Waals surface area contributed by atoms with Crippen LogP contribution in [0.15, 0.2) is 24.3 Å². The molecular weight excluding hydrogens is 274 g/mol. The number of carbonyl (C=O) groups excluding carboxylic acids is 1. The number of benzene rings is 1. The second-order valence-corrected chi connectivity index (χ2v) is 6.30. The SMILES string of the molecule is Cc1ccc(C(F)(F)C(=O)NC2(CN3CCC3)CC2)cc1. The first-order valence-electron chi connectivity index (χ1n) is 7.41. The van der Waals surface area contributed by atoms with Gasteiger partial charge >= 0.3 is 5.92 Å². The summed E-state index contributed by atoms with van der Waals surface area (Å²) in [4.78, 5) is 14.2. The molecule has 1 aromatic carbocycles. The molecule has 1 aliphatic carbocycles. The minimum absolute atomic E-state index is 0.245. The monoisotopic (exact) mass is 294 g/mol. The van der Waals surface area contributed by atoms with Crippen LogP contribution in [0.4, 0.5) is 8.78 Å². The average Bonchev–Trinajstić information content (AvgIpc) is 3.15. The van der Waals surface area contributed by atoms with Gasteiger partial charge in [0, 0.05) is 12.1 Å². The van der Waals surface area contributed by atoms with Gasteiger partial charge in [-0.3, -0.25) is 4.79 Å². The third-order valence-corrected chi connectivity index (χ3v) is 4.41. The van der Waals surface area contributed by atoms with Gasteiger partial charge in [-0.05, 0) is 39.3 Å². The molecule has 1 heterocycles. The lowest BCUT2D eigenvalue weighted by Crippen LogP contribution is -2.53. The molecule has 1 N–H and O–H groups in total. The molecule has 1 aliphatic heterocycles.